The predicted octanol–water partition coefficient (Wildman–Crippen LogP) is 5.64. The van der Waals surface area contributed by atoms with Crippen molar-refractivity contribution in [1.82, 2.24) is 9.55 Å². The minimum atomic E-state index is -3.83. The summed E-state index contributed by atoms with van der Waals surface area (Å²) in [5.41, 5.74) is 1.60. The van der Waals surface area contributed by atoms with Gasteiger partial charge in [0.25, 0.3) is 5.56 Å². The van der Waals surface area contributed by atoms with Gasteiger partial charge >= 0.3 is 0 Å². The lowest BCUT2D eigenvalue weighted by molar-refractivity contribution is 0.156. The molecular formula is C25H34ClFN4O4SSi. The fraction of sp³-hybridized carbons (Fsp3) is 0.440. The number of hydrogen-bond donors (Lipinski definition) is 1. The quantitative estimate of drug-likeness (QED) is 0.183. The summed E-state index contributed by atoms with van der Waals surface area (Å²) in [5.74, 6) is -0.809. The fourth-order valence-electron chi connectivity index (χ4n) is 3.77. The highest BCUT2D eigenvalue weighted by Crippen LogP contribution is 2.38. The van der Waals surface area contributed by atoms with Crippen LogP contribution >= 0.6 is 11.6 Å². The molecule has 0 unspecified atom stereocenters. The van der Waals surface area contributed by atoms with Crippen LogP contribution in [0.4, 0.5) is 21.5 Å². The lowest BCUT2D eigenvalue weighted by atomic mass is 10.1. The third kappa shape index (κ3) is 6.89. The highest BCUT2D eigenvalue weighted by molar-refractivity contribution is 7.92. The first-order chi connectivity index (χ1) is 17.2. The van der Waals surface area contributed by atoms with Crippen LogP contribution in [0.25, 0.3) is 10.9 Å². The SMILES string of the molecule is CCCS(=O)(=O)N(COCC[Si](C)(C)C)c1cc(F)cc(Nc2ccc3ncn(C)c(=O)c3c2C)c1Cl. The van der Waals surface area contributed by atoms with E-state index in [1.54, 1.807) is 33.0 Å². The summed E-state index contributed by atoms with van der Waals surface area (Å²) in [4.78, 5) is 17.0. The zero-order valence-electron chi connectivity index (χ0n) is 22.1. The van der Waals surface area contributed by atoms with Crippen molar-refractivity contribution >= 4 is 57.7 Å². The Hall–Kier alpha value is -2.47. The molecule has 0 saturated carbocycles. The number of nitrogens with zero attached hydrogens (tertiary/aromatic N) is 3. The Morgan fingerprint density at radius 3 is 2.57 bits per heavy atom. The third-order valence-corrected chi connectivity index (χ3v) is 9.91. The molecule has 1 aromatic heterocycles. The topological polar surface area (TPSA) is 93.5 Å². The van der Waals surface area contributed by atoms with Gasteiger partial charge in [0.15, 0.2) is 0 Å². The summed E-state index contributed by atoms with van der Waals surface area (Å²) in [6, 6.07) is 6.54. The average molecular weight is 569 g/mol. The number of anilines is 3. The van der Waals surface area contributed by atoms with Crippen LogP contribution in [0.1, 0.15) is 18.9 Å². The molecule has 0 bridgehead atoms. The third-order valence-electron chi connectivity index (χ3n) is 5.91. The molecule has 202 valence electrons. The van der Waals surface area contributed by atoms with E-state index in [0.29, 0.717) is 35.2 Å². The molecule has 0 atom stereocenters. The molecule has 0 amide bonds. The van der Waals surface area contributed by atoms with Crippen LogP contribution in [0, 0.1) is 12.7 Å². The van der Waals surface area contributed by atoms with E-state index < -0.39 is 23.9 Å². The van der Waals surface area contributed by atoms with Gasteiger partial charge < -0.3 is 14.6 Å². The average Bonchev–Trinajstić information content (AvgIpc) is 2.79. The molecule has 12 heteroatoms. The second kappa shape index (κ2) is 11.5. The number of aryl methyl sites for hydroxylation is 2. The van der Waals surface area contributed by atoms with E-state index in [-0.39, 0.29) is 34.4 Å². The smallest absolute Gasteiger partial charge is 0.261 e. The molecule has 1 heterocycles. The second-order valence-electron chi connectivity index (χ2n) is 10.2. The molecule has 8 nitrogen and oxygen atoms in total. The van der Waals surface area contributed by atoms with Crippen molar-refractivity contribution in [2.75, 3.05) is 28.7 Å². The second-order valence-corrected chi connectivity index (χ2v) is 18.2. The zero-order chi connectivity index (χ0) is 27.5. The van der Waals surface area contributed by atoms with Gasteiger partial charge in [0.2, 0.25) is 10.0 Å². The number of rotatable bonds is 11. The summed E-state index contributed by atoms with van der Waals surface area (Å²) >= 11 is 6.68. The Balaban J connectivity index is 2.03. The van der Waals surface area contributed by atoms with Gasteiger partial charge in [-0.25, -0.2) is 22.1 Å². The maximum Gasteiger partial charge on any atom is 0.261 e. The van der Waals surface area contributed by atoms with Crippen LogP contribution in [-0.2, 0) is 21.8 Å². The maximum atomic E-state index is 14.8. The first-order valence-electron chi connectivity index (χ1n) is 12.0. The number of nitrogens with one attached hydrogen (secondary N) is 1. The summed E-state index contributed by atoms with van der Waals surface area (Å²) in [6.45, 7) is 10.2. The van der Waals surface area contributed by atoms with Crippen LogP contribution in [-0.4, -0.2) is 45.1 Å². The van der Waals surface area contributed by atoms with E-state index in [1.807, 2.05) is 0 Å². The Labute approximate surface area is 223 Å². The minimum Gasteiger partial charge on any atom is -0.360 e. The molecule has 2 aromatic carbocycles. The number of fused-ring (bicyclic) bond motifs is 1. The Kier molecular flexibility index (Phi) is 9.04. The largest absolute Gasteiger partial charge is 0.360 e. The van der Waals surface area contributed by atoms with Crippen molar-refractivity contribution in [3.05, 3.63) is 57.3 Å². The highest BCUT2D eigenvalue weighted by atomic mass is 35.5. The standard InChI is InChI=1S/C25H34ClFN4O4SSi/c1-7-11-36(33,34)31(16-35-10-12-37(4,5)6)22-14-18(27)13-21(24(22)26)29-19-8-9-20-23(17(19)2)25(32)30(3)15-28-20/h8-9,13-15,29H,7,10-12,16H2,1-6H3. The summed E-state index contributed by atoms with van der Waals surface area (Å²) in [7, 11) is -3.61. The molecule has 0 aliphatic heterocycles. The molecule has 0 radical (unpaired) electrons. The Morgan fingerprint density at radius 1 is 1.22 bits per heavy atom. The molecule has 37 heavy (non-hydrogen) atoms. The number of ether oxygens (including phenoxy) is 1. The van der Waals surface area contributed by atoms with Crippen molar-refractivity contribution in [3.8, 4) is 0 Å². The lowest BCUT2D eigenvalue weighted by Gasteiger charge is -2.27. The van der Waals surface area contributed by atoms with E-state index in [1.165, 1.54) is 17.0 Å². The molecule has 0 saturated heterocycles. The van der Waals surface area contributed by atoms with E-state index in [4.69, 9.17) is 16.3 Å². The molecule has 1 N–H and O–H groups in total. The summed E-state index contributed by atoms with van der Waals surface area (Å²) in [5, 5.41) is 3.53. The number of hydrogen-bond acceptors (Lipinski definition) is 6. The summed E-state index contributed by atoms with van der Waals surface area (Å²) < 4.78 is 49.3. The minimum absolute atomic E-state index is 0.0124. The van der Waals surface area contributed by atoms with Crippen LogP contribution in [0.3, 0.4) is 0 Å². The van der Waals surface area contributed by atoms with Gasteiger partial charge in [-0.2, -0.15) is 0 Å². The van der Waals surface area contributed by atoms with E-state index in [0.717, 1.165) is 16.4 Å². The molecule has 0 aliphatic rings. The van der Waals surface area contributed by atoms with Gasteiger partial charge in [0, 0.05) is 27.4 Å². The predicted molar refractivity (Wildman–Crippen MR) is 152 cm³/mol. The first kappa shape index (κ1) is 29.1. The molecule has 3 aromatic rings. The number of aromatic nitrogens is 2. The van der Waals surface area contributed by atoms with Gasteiger partial charge in [-0.05, 0) is 49.2 Å². The van der Waals surface area contributed by atoms with Gasteiger partial charge in [-0.3, -0.25) is 4.79 Å². The Bertz CT molecular complexity index is 1460. The number of halogens is 2. The lowest BCUT2D eigenvalue weighted by Crippen LogP contribution is -2.36. The van der Waals surface area contributed by atoms with Crippen molar-refractivity contribution in [2.24, 2.45) is 7.05 Å². The normalized spacial score (nSPS) is 12.2. The van der Waals surface area contributed by atoms with E-state index in [2.05, 4.69) is 29.9 Å². The summed E-state index contributed by atoms with van der Waals surface area (Å²) in [6.07, 6.45) is 1.83. The molecular weight excluding hydrogens is 535 g/mol. The first-order valence-corrected chi connectivity index (χ1v) is 17.7. The number of sulfonamides is 1. The van der Waals surface area contributed by atoms with Crippen molar-refractivity contribution in [3.63, 3.8) is 0 Å². The van der Waals surface area contributed by atoms with Gasteiger partial charge in [0.05, 0.1) is 39.4 Å². The van der Waals surface area contributed by atoms with Gasteiger partial charge in [-0.1, -0.05) is 38.2 Å². The van der Waals surface area contributed by atoms with Crippen LogP contribution in [0.2, 0.25) is 30.7 Å². The van der Waals surface area contributed by atoms with E-state index >= 15 is 0 Å². The monoisotopic (exact) mass is 568 g/mol. The molecule has 0 spiro atoms. The molecule has 3 rings (SSSR count). The van der Waals surface area contributed by atoms with Crippen molar-refractivity contribution < 1.29 is 17.5 Å². The molecule has 0 aliphatic carbocycles. The van der Waals surface area contributed by atoms with Crippen LogP contribution in [0.5, 0.6) is 0 Å². The molecule has 0 fully saturated rings. The van der Waals surface area contributed by atoms with Crippen molar-refractivity contribution in [2.45, 2.75) is 46.0 Å². The van der Waals surface area contributed by atoms with Crippen LogP contribution < -0.4 is 15.2 Å². The number of benzene rings is 2. The van der Waals surface area contributed by atoms with Crippen molar-refractivity contribution in [1.29, 1.82) is 0 Å². The highest BCUT2D eigenvalue weighted by Gasteiger charge is 2.27. The maximum absolute atomic E-state index is 14.8. The Morgan fingerprint density at radius 2 is 1.92 bits per heavy atom. The van der Waals surface area contributed by atoms with Gasteiger partial charge in [-0.15, -0.1) is 0 Å². The van der Waals surface area contributed by atoms with Crippen LogP contribution in [0.15, 0.2) is 35.4 Å². The zero-order valence-corrected chi connectivity index (χ0v) is 24.6. The van der Waals surface area contributed by atoms with Gasteiger partial charge in [0.1, 0.15) is 12.5 Å². The van der Waals surface area contributed by atoms with E-state index in [9.17, 15) is 17.6 Å². The fourth-order valence-corrected chi connectivity index (χ4v) is 6.25.